The fourth-order valence-electron chi connectivity index (χ4n) is 5.40. The lowest BCUT2D eigenvalue weighted by Gasteiger charge is -2.38. The molecule has 0 radical (unpaired) electrons. The van der Waals surface area contributed by atoms with Crippen molar-refractivity contribution >= 4 is 20.0 Å². The average molecular weight is 509 g/mol. The third-order valence-electron chi connectivity index (χ3n) is 7.77. The number of oxime groups is 1. The minimum Gasteiger partial charge on any atom is -0.481 e. The number of aliphatic carboxylic acids is 1. The van der Waals surface area contributed by atoms with Gasteiger partial charge < -0.3 is 9.94 Å². The number of likely N-dealkylation sites (tertiary alicyclic amines) is 1. The van der Waals surface area contributed by atoms with Crippen LogP contribution < -0.4 is 0 Å². The number of hydrogen-bond acceptors (Lipinski definition) is 4. The number of piperidine rings is 1. The summed E-state index contributed by atoms with van der Waals surface area (Å²) in [7, 11) is 0.492. The normalized spacial score (nSPS) is 20.5. The summed E-state index contributed by atoms with van der Waals surface area (Å²) in [4.78, 5) is 20.0. The summed E-state index contributed by atoms with van der Waals surface area (Å²) in [5.41, 5.74) is 7.01. The maximum Gasteiger partial charge on any atom is 0.309 e. The molecule has 2 aromatic carbocycles. The quantitative estimate of drug-likeness (QED) is 0.352. The van der Waals surface area contributed by atoms with Gasteiger partial charge in [0.2, 0.25) is 0 Å². The topological polar surface area (TPSA) is 62.1 Å². The molecule has 2 unspecified atom stereocenters. The lowest BCUT2D eigenvalue weighted by atomic mass is 9.76. The monoisotopic (exact) mass is 508 g/mol. The second kappa shape index (κ2) is 11.9. The highest BCUT2D eigenvalue weighted by molar-refractivity contribution is 7.59. The number of nitrogens with zero attached hydrogens (tertiary/aromatic N) is 2. The molecule has 6 heteroatoms. The molecule has 4 rings (SSSR count). The van der Waals surface area contributed by atoms with Crippen LogP contribution in [0.25, 0.3) is 0 Å². The van der Waals surface area contributed by atoms with Gasteiger partial charge in [0.1, 0.15) is 5.45 Å². The van der Waals surface area contributed by atoms with Crippen LogP contribution in [0.5, 0.6) is 0 Å². The van der Waals surface area contributed by atoms with E-state index in [1.165, 1.54) is 22.3 Å². The Morgan fingerprint density at radius 1 is 1.14 bits per heavy atom. The fourth-order valence-corrected chi connectivity index (χ4v) is 6.54. The number of aryl methyl sites for hydroxylation is 1. The van der Waals surface area contributed by atoms with Crippen molar-refractivity contribution < 1.29 is 14.7 Å². The average Bonchev–Trinajstić information content (AvgIpc) is 3.36. The molecule has 36 heavy (non-hydrogen) atoms. The Morgan fingerprint density at radius 2 is 1.86 bits per heavy atom. The number of rotatable bonds is 10. The number of carbonyl (C=O) groups is 1. The fraction of sp³-hybridized carbons (Fsp3) is 0.533. The second-order valence-electron chi connectivity index (χ2n) is 10.9. The van der Waals surface area contributed by atoms with E-state index in [-0.39, 0.29) is 5.85 Å². The first-order chi connectivity index (χ1) is 17.3. The Hall–Kier alpha value is -2.23. The molecular formula is C30H41N2O3P. The SMILES string of the molecule is CCCc1cc(C2ON=C(c3ccc(CN4CCC(CC)(C(=O)O)CC4)cc3)P2)ccc1CC(C)C. The van der Waals surface area contributed by atoms with Crippen molar-refractivity contribution in [3.05, 3.63) is 70.3 Å². The van der Waals surface area contributed by atoms with E-state index >= 15 is 0 Å². The molecule has 5 nitrogen and oxygen atoms in total. The number of benzene rings is 2. The summed E-state index contributed by atoms with van der Waals surface area (Å²) < 4.78 is 0. The Morgan fingerprint density at radius 3 is 2.47 bits per heavy atom. The summed E-state index contributed by atoms with van der Waals surface area (Å²) in [6.45, 7) is 11.3. The Labute approximate surface area is 218 Å². The van der Waals surface area contributed by atoms with Gasteiger partial charge in [-0.25, -0.2) is 0 Å². The van der Waals surface area contributed by atoms with Crippen molar-refractivity contribution in [3.63, 3.8) is 0 Å². The van der Waals surface area contributed by atoms with Gasteiger partial charge in [-0.1, -0.05) is 81.7 Å². The third kappa shape index (κ3) is 6.18. The first-order valence-corrected chi connectivity index (χ1v) is 14.6. The van der Waals surface area contributed by atoms with Crippen LogP contribution in [0.2, 0.25) is 0 Å². The van der Waals surface area contributed by atoms with E-state index < -0.39 is 11.4 Å². The van der Waals surface area contributed by atoms with Crippen molar-refractivity contribution in [1.82, 2.24) is 4.90 Å². The largest absolute Gasteiger partial charge is 0.481 e. The van der Waals surface area contributed by atoms with Crippen LogP contribution in [0.4, 0.5) is 0 Å². The molecule has 0 spiro atoms. The molecule has 2 heterocycles. The van der Waals surface area contributed by atoms with E-state index in [0.29, 0.717) is 20.9 Å². The van der Waals surface area contributed by atoms with Gasteiger partial charge in [0.25, 0.3) is 0 Å². The molecule has 2 aliphatic rings. The van der Waals surface area contributed by atoms with Gasteiger partial charge in [-0.15, -0.1) is 0 Å². The molecule has 0 saturated carbocycles. The van der Waals surface area contributed by atoms with E-state index in [1.807, 2.05) is 6.92 Å². The molecule has 0 aliphatic carbocycles. The molecule has 2 aromatic rings. The summed E-state index contributed by atoms with van der Waals surface area (Å²) in [5, 5.41) is 14.1. The van der Waals surface area contributed by atoms with Crippen LogP contribution in [0.15, 0.2) is 47.6 Å². The van der Waals surface area contributed by atoms with Gasteiger partial charge >= 0.3 is 5.97 Å². The number of hydrogen-bond donors (Lipinski definition) is 1. The van der Waals surface area contributed by atoms with E-state index in [1.54, 1.807) is 0 Å². The van der Waals surface area contributed by atoms with Gasteiger partial charge in [-0.05, 0) is 81.9 Å². The molecule has 0 amide bonds. The standard InChI is InChI=1S/C30H41N2O3P/c1-5-7-24-19-26(13-12-25(24)18-21(3)4)28-35-31-27(36-28)23-10-8-22(9-11-23)20-32-16-14-30(6-2,15-17-32)29(33)34/h8-13,19,21,28,36H,5-7,14-18,20H2,1-4H3,(H,33,34). The lowest BCUT2D eigenvalue weighted by Crippen LogP contribution is -2.43. The molecule has 0 bridgehead atoms. The van der Waals surface area contributed by atoms with Crippen LogP contribution in [0, 0.1) is 11.3 Å². The number of carboxylic acids is 1. The minimum absolute atomic E-state index is 0.00444. The second-order valence-corrected chi connectivity index (χ2v) is 12.1. The van der Waals surface area contributed by atoms with Crippen LogP contribution in [0.1, 0.15) is 87.0 Å². The van der Waals surface area contributed by atoms with E-state index in [2.05, 4.69) is 73.3 Å². The molecule has 2 atom stereocenters. The van der Waals surface area contributed by atoms with Crippen LogP contribution in [0.3, 0.4) is 0 Å². The zero-order valence-corrected chi connectivity index (χ0v) is 23.2. The highest BCUT2D eigenvalue weighted by Crippen LogP contribution is 2.44. The highest BCUT2D eigenvalue weighted by atomic mass is 31.1. The Bertz CT molecular complexity index is 1070. The molecule has 194 valence electrons. The van der Waals surface area contributed by atoms with Gasteiger partial charge in [0, 0.05) is 12.1 Å². The van der Waals surface area contributed by atoms with Gasteiger partial charge in [0.05, 0.1) is 5.41 Å². The molecule has 2 aliphatic heterocycles. The van der Waals surface area contributed by atoms with Gasteiger partial charge in [0.15, 0.2) is 5.85 Å². The third-order valence-corrected chi connectivity index (χ3v) is 9.13. The van der Waals surface area contributed by atoms with Crippen molar-refractivity contribution in [1.29, 1.82) is 0 Å². The van der Waals surface area contributed by atoms with Crippen LogP contribution in [-0.4, -0.2) is 34.5 Å². The maximum absolute atomic E-state index is 11.7. The smallest absolute Gasteiger partial charge is 0.309 e. The summed E-state index contributed by atoms with van der Waals surface area (Å²) in [5.74, 6) is 0.0177. The minimum atomic E-state index is -0.638. The van der Waals surface area contributed by atoms with Crippen LogP contribution >= 0.6 is 8.58 Å². The van der Waals surface area contributed by atoms with Crippen molar-refractivity contribution in [2.75, 3.05) is 13.1 Å². The van der Waals surface area contributed by atoms with E-state index in [0.717, 1.165) is 62.8 Å². The predicted octanol–water partition coefficient (Wildman–Crippen LogP) is 6.98. The van der Waals surface area contributed by atoms with Crippen molar-refractivity contribution in [2.45, 2.75) is 78.6 Å². The first-order valence-electron chi connectivity index (χ1n) is 13.5. The summed E-state index contributed by atoms with van der Waals surface area (Å²) in [6.07, 6.45) is 5.53. The van der Waals surface area contributed by atoms with Gasteiger partial charge in [-0.3, -0.25) is 9.69 Å². The maximum atomic E-state index is 11.7. The summed E-state index contributed by atoms with van der Waals surface area (Å²) >= 11 is 0. The molecule has 1 N–H and O–H groups in total. The number of carboxylic acid groups (broad SMARTS) is 1. The molecular weight excluding hydrogens is 467 g/mol. The zero-order valence-electron chi connectivity index (χ0n) is 22.2. The van der Waals surface area contributed by atoms with Crippen molar-refractivity contribution in [3.8, 4) is 0 Å². The molecule has 0 aromatic heterocycles. The highest BCUT2D eigenvalue weighted by Gasteiger charge is 2.39. The molecule has 1 saturated heterocycles. The zero-order chi connectivity index (χ0) is 25.7. The Kier molecular flexibility index (Phi) is 8.85. The van der Waals surface area contributed by atoms with Crippen LogP contribution in [-0.2, 0) is 29.0 Å². The summed E-state index contributed by atoms with van der Waals surface area (Å²) in [6, 6.07) is 15.5. The predicted molar refractivity (Wildman–Crippen MR) is 149 cm³/mol. The lowest BCUT2D eigenvalue weighted by molar-refractivity contribution is -0.152. The van der Waals surface area contributed by atoms with Crippen molar-refractivity contribution in [2.24, 2.45) is 16.5 Å². The first kappa shape index (κ1) is 26.8. The molecule has 1 fully saturated rings. The Balaban J connectivity index is 1.35. The van der Waals surface area contributed by atoms with E-state index in [9.17, 15) is 9.90 Å². The van der Waals surface area contributed by atoms with E-state index in [4.69, 9.17) is 4.84 Å². The van der Waals surface area contributed by atoms with Gasteiger partial charge in [-0.2, -0.15) is 0 Å².